The van der Waals surface area contributed by atoms with Gasteiger partial charge in [0.25, 0.3) is 0 Å². The normalized spacial score (nSPS) is 14.6. The molecule has 8 nitrogen and oxygen atoms in total. The lowest BCUT2D eigenvalue weighted by Crippen LogP contribution is -2.47. The van der Waals surface area contributed by atoms with E-state index in [0.29, 0.717) is 12.3 Å². The van der Waals surface area contributed by atoms with E-state index in [2.05, 4.69) is 57.2 Å². The number of Topliss-reactive ketones (excluding diaryl/α,β-unsaturated/α-hetero) is 1. The molecular weight excluding hydrogens is 537 g/mol. The topological polar surface area (TPSA) is 72.7 Å². The molecule has 2 aliphatic rings. The summed E-state index contributed by atoms with van der Waals surface area (Å²) in [5.41, 5.74) is 6.70. The van der Waals surface area contributed by atoms with Crippen molar-refractivity contribution < 1.29 is 14.3 Å². The van der Waals surface area contributed by atoms with Crippen molar-refractivity contribution in [3.63, 3.8) is 0 Å². The molecule has 0 radical (unpaired) electrons. The molecule has 1 saturated heterocycles. The number of ketones is 1. The van der Waals surface area contributed by atoms with Crippen LogP contribution in [0, 0.1) is 6.92 Å². The largest absolute Gasteiger partial charge is 0.485 e. The molecule has 2 aliphatic heterocycles. The van der Waals surface area contributed by atoms with Gasteiger partial charge in [0, 0.05) is 56.6 Å². The van der Waals surface area contributed by atoms with Crippen molar-refractivity contribution in [2.45, 2.75) is 20.0 Å². The minimum atomic E-state index is -0.131. The van der Waals surface area contributed by atoms with E-state index in [9.17, 15) is 4.79 Å². The third-order valence-corrected chi connectivity index (χ3v) is 7.35. The molecule has 4 heterocycles. The van der Waals surface area contributed by atoms with E-state index in [4.69, 9.17) is 14.5 Å². The summed E-state index contributed by atoms with van der Waals surface area (Å²) in [6.45, 7) is 7.37. The maximum absolute atomic E-state index is 12.4. The van der Waals surface area contributed by atoms with E-state index in [0.717, 1.165) is 67.5 Å². The van der Waals surface area contributed by atoms with E-state index in [1.807, 2.05) is 17.6 Å². The van der Waals surface area contributed by atoms with Gasteiger partial charge < -0.3 is 14.4 Å². The average Bonchev–Trinajstić information content (AvgIpc) is 3.37. The molecule has 0 atom stereocenters. The maximum atomic E-state index is 12.4. The first-order valence-electron chi connectivity index (χ1n) is 12.8. The zero-order valence-electron chi connectivity index (χ0n) is 22.1. The lowest BCUT2D eigenvalue weighted by Gasteiger charge is -2.36. The summed E-state index contributed by atoms with van der Waals surface area (Å²) >= 11 is 0. The SMILES string of the molecule is COCC(=O)c1ncn2c1COc1c(CCN3CCN(c4cccc5nc(C)ccc45)CC3)cccc1-2.Cl.Cl. The van der Waals surface area contributed by atoms with E-state index >= 15 is 0 Å². The summed E-state index contributed by atoms with van der Waals surface area (Å²) in [5, 5.41) is 1.22. The predicted molar refractivity (Wildman–Crippen MR) is 157 cm³/mol. The van der Waals surface area contributed by atoms with Crippen LogP contribution in [0.25, 0.3) is 16.6 Å². The number of pyridine rings is 1. The van der Waals surface area contributed by atoms with Gasteiger partial charge in [0.1, 0.15) is 31.0 Å². The molecule has 0 unspecified atom stereocenters. The number of rotatable bonds is 7. The van der Waals surface area contributed by atoms with Crippen molar-refractivity contribution in [3.05, 3.63) is 77.5 Å². The summed E-state index contributed by atoms with van der Waals surface area (Å²) in [7, 11) is 1.51. The molecule has 2 aromatic heterocycles. The third kappa shape index (κ3) is 5.61. The van der Waals surface area contributed by atoms with Gasteiger partial charge in [0.05, 0.1) is 16.9 Å². The second-order valence-corrected chi connectivity index (χ2v) is 9.70. The number of para-hydroxylation sites is 1. The number of fused-ring (bicyclic) bond motifs is 4. The molecule has 0 saturated carbocycles. The number of hydrogen-bond donors (Lipinski definition) is 0. The van der Waals surface area contributed by atoms with E-state index in [1.54, 1.807) is 6.33 Å². The molecule has 0 bridgehead atoms. The van der Waals surface area contributed by atoms with Gasteiger partial charge in [-0.25, -0.2) is 4.98 Å². The number of imidazole rings is 1. The number of piperazine rings is 1. The smallest absolute Gasteiger partial charge is 0.208 e. The van der Waals surface area contributed by atoms with E-state index < -0.39 is 0 Å². The molecule has 4 aromatic rings. The van der Waals surface area contributed by atoms with Crippen LogP contribution in [0.15, 0.2) is 54.9 Å². The van der Waals surface area contributed by atoms with Crippen molar-refractivity contribution in [3.8, 4) is 11.4 Å². The predicted octanol–water partition coefficient (Wildman–Crippen LogP) is 4.66. The van der Waals surface area contributed by atoms with Crippen LogP contribution in [0.4, 0.5) is 5.69 Å². The Kier molecular flexibility index (Phi) is 9.12. The molecule has 10 heteroatoms. The number of benzene rings is 2. The molecule has 6 rings (SSSR count). The monoisotopic (exact) mass is 569 g/mol. The first kappa shape index (κ1) is 28.8. The number of aromatic nitrogens is 3. The number of hydrogen-bond acceptors (Lipinski definition) is 7. The summed E-state index contributed by atoms with van der Waals surface area (Å²) in [6.07, 6.45) is 2.62. The first-order valence-corrected chi connectivity index (χ1v) is 12.8. The minimum Gasteiger partial charge on any atom is -0.485 e. The Labute approximate surface area is 240 Å². The van der Waals surface area contributed by atoms with Crippen molar-refractivity contribution >= 4 is 47.2 Å². The van der Waals surface area contributed by atoms with E-state index in [1.165, 1.54) is 23.7 Å². The van der Waals surface area contributed by atoms with Crippen LogP contribution in [0.1, 0.15) is 27.4 Å². The second kappa shape index (κ2) is 12.3. The van der Waals surface area contributed by atoms with Crippen LogP contribution in [0.3, 0.4) is 0 Å². The van der Waals surface area contributed by atoms with Crippen LogP contribution in [-0.2, 0) is 17.8 Å². The number of carbonyl (C=O) groups excluding carboxylic acids is 1. The van der Waals surface area contributed by atoms with Gasteiger partial charge >= 0.3 is 0 Å². The fourth-order valence-corrected chi connectivity index (χ4v) is 5.42. The molecule has 2 aromatic carbocycles. The third-order valence-electron chi connectivity index (χ3n) is 7.35. The van der Waals surface area contributed by atoms with Crippen molar-refractivity contribution in [2.75, 3.05) is 51.3 Å². The van der Waals surface area contributed by atoms with Crippen LogP contribution in [-0.4, -0.2) is 71.7 Å². The van der Waals surface area contributed by atoms with Crippen molar-refractivity contribution in [1.29, 1.82) is 0 Å². The molecular formula is C29H33Cl2N5O3. The molecule has 0 spiro atoms. The number of anilines is 1. The minimum absolute atomic E-state index is 0. The highest BCUT2D eigenvalue weighted by Crippen LogP contribution is 2.35. The van der Waals surface area contributed by atoms with Crippen LogP contribution in [0.5, 0.6) is 5.75 Å². The Balaban J connectivity index is 0.00000176. The average molecular weight is 571 g/mol. The van der Waals surface area contributed by atoms with Gasteiger partial charge in [0.15, 0.2) is 0 Å². The highest BCUT2D eigenvalue weighted by molar-refractivity contribution is 5.96. The number of ether oxygens (including phenoxy) is 2. The Morgan fingerprint density at radius 3 is 2.56 bits per heavy atom. The number of halogens is 2. The lowest BCUT2D eigenvalue weighted by molar-refractivity contribution is 0.0840. The first-order chi connectivity index (χ1) is 18.1. The molecule has 0 N–H and O–H groups in total. The van der Waals surface area contributed by atoms with Gasteiger partial charge in [0.2, 0.25) is 5.78 Å². The van der Waals surface area contributed by atoms with Gasteiger partial charge in [-0.3, -0.25) is 19.2 Å². The van der Waals surface area contributed by atoms with Gasteiger partial charge in [-0.1, -0.05) is 18.2 Å². The summed E-state index contributed by atoms with van der Waals surface area (Å²) in [5.74, 6) is 0.754. The highest BCUT2D eigenvalue weighted by atomic mass is 35.5. The van der Waals surface area contributed by atoms with Gasteiger partial charge in [-0.2, -0.15) is 0 Å². The molecule has 0 aliphatic carbocycles. The summed E-state index contributed by atoms with van der Waals surface area (Å²) < 4.78 is 13.2. The quantitative estimate of drug-likeness (QED) is 0.300. The van der Waals surface area contributed by atoms with Crippen LogP contribution in [0.2, 0.25) is 0 Å². The Morgan fingerprint density at radius 1 is 1.00 bits per heavy atom. The standard InChI is InChI=1S/C29H31N5O3.2ClH/c1-20-9-10-22-23(31-20)6-4-7-24(22)33-15-13-32(14-16-33)12-11-21-5-3-8-25-29(21)37-17-26-28(27(35)18-36-2)30-19-34(25)26;;/h3-10,19H,11-18H2,1-2H3;2*1H. The molecule has 0 amide bonds. The fourth-order valence-electron chi connectivity index (χ4n) is 5.42. The van der Waals surface area contributed by atoms with Crippen molar-refractivity contribution in [1.82, 2.24) is 19.4 Å². The Morgan fingerprint density at radius 2 is 1.77 bits per heavy atom. The summed E-state index contributed by atoms with van der Waals surface area (Å²) in [6, 6.07) is 16.9. The van der Waals surface area contributed by atoms with E-state index in [-0.39, 0.29) is 37.2 Å². The van der Waals surface area contributed by atoms with Crippen LogP contribution < -0.4 is 9.64 Å². The molecule has 206 valence electrons. The maximum Gasteiger partial charge on any atom is 0.208 e. The lowest BCUT2D eigenvalue weighted by atomic mass is 10.1. The number of aryl methyl sites for hydroxylation is 1. The zero-order chi connectivity index (χ0) is 25.4. The molecule has 1 fully saturated rings. The van der Waals surface area contributed by atoms with Crippen LogP contribution >= 0.6 is 24.8 Å². The summed E-state index contributed by atoms with van der Waals surface area (Å²) in [4.78, 5) is 26.4. The van der Waals surface area contributed by atoms with Gasteiger partial charge in [-0.05, 0) is 49.2 Å². The Bertz CT molecular complexity index is 1470. The van der Waals surface area contributed by atoms with Gasteiger partial charge in [-0.15, -0.1) is 24.8 Å². The fraction of sp³-hybridized carbons (Fsp3) is 0.345. The number of nitrogens with zero attached hydrogens (tertiary/aromatic N) is 5. The Hall–Kier alpha value is -3.17. The second-order valence-electron chi connectivity index (χ2n) is 9.70. The number of carbonyl (C=O) groups is 1. The zero-order valence-corrected chi connectivity index (χ0v) is 23.8. The number of methoxy groups -OCH3 is 1. The molecule has 39 heavy (non-hydrogen) atoms. The highest BCUT2D eigenvalue weighted by Gasteiger charge is 2.26. The van der Waals surface area contributed by atoms with Crippen molar-refractivity contribution in [2.24, 2.45) is 0 Å².